The molecule has 0 aromatic carbocycles. The lowest BCUT2D eigenvalue weighted by Crippen LogP contribution is -2.34. The van der Waals surface area contributed by atoms with E-state index in [-0.39, 0.29) is 13.1 Å². The van der Waals surface area contributed by atoms with Crippen molar-refractivity contribution in [2.24, 2.45) is 23.7 Å². The van der Waals surface area contributed by atoms with Crippen molar-refractivity contribution < 1.29 is 23.1 Å². The van der Waals surface area contributed by atoms with Crippen LogP contribution in [0.3, 0.4) is 0 Å². The van der Waals surface area contributed by atoms with Gasteiger partial charge in [-0.1, -0.05) is 19.8 Å². The maximum Gasteiger partial charge on any atom is 0.393 e. The highest BCUT2D eigenvalue weighted by molar-refractivity contribution is 5.71. The third kappa shape index (κ3) is 3.65. The van der Waals surface area contributed by atoms with Crippen molar-refractivity contribution in [3.05, 3.63) is 0 Å². The van der Waals surface area contributed by atoms with E-state index in [1.807, 2.05) is 0 Å². The second kappa shape index (κ2) is 5.92. The number of hydrogen-bond acceptors (Lipinski definition) is 2. The molecule has 20 heavy (non-hydrogen) atoms. The molecule has 1 aliphatic carbocycles. The van der Waals surface area contributed by atoms with Crippen LogP contribution in [-0.4, -0.2) is 41.8 Å². The van der Waals surface area contributed by atoms with Crippen LogP contribution >= 0.6 is 0 Å². The van der Waals surface area contributed by atoms with Crippen LogP contribution in [0.15, 0.2) is 0 Å². The molecule has 0 bridgehead atoms. The third-order valence-electron chi connectivity index (χ3n) is 4.78. The number of aliphatic carboxylic acids is 1. The largest absolute Gasteiger partial charge is 0.481 e. The highest BCUT2D eigenvalue weighted by atomic mass is 19.4. The first kappa shape index (κ1) is 15.6. The molecule has 1 saturated carbocycles. The van der Waals surface area contributed by atoms with Gasteiger partial charge in [-0.2, -0.15) is 13.2 Å². The molecule has 1 aliphatic heterocycles. The van der Waals surface area contributed by atoms with Crippen molar-refractivity contribution >= 4 is 5.97 Å². The smallest absolute Gasteiger partial charge is 0.393 e. The number of hydrogen-bond donors (Lipinski definition) is 1. The number of carboxylic acid groups (broad SMARTS) is 1. The van der Waals surface area contributed by atoms with E-state index in [4.69, 9.17) is 5.11 Å². The maximum atomic E-state index is 12.9. The normalized spacial score (nSPS) is 36.2. The van der Waals surface area contributed by atoms with E-state index >= 15 is 0 Å². The minimum atomic E-state index is -4.42. The molecular formula is C14H22F3NO2. The van der Waals surface area contributed by atoms with Crippen LogP contribution in [0.2, 0.25) is 0 Å². The number of rotatable bonds is 3. The summed E-state index contributed by atoms with van der Waals surface area (Å²) in [6.45, 7) is 2.69. The molecule has 2 atom stereocenters. The third-order valence-corrected chi connectivity index (χ3v) is 4.78. The second-order valence-electron chi connectivity index (χ2n) is 6.44. The number of carboxylic acids is 1. The van der Waals surface area contributed by atoms with Gasteiger partial charge >= 0.3 is 12.1 Å². The van der Waals surface area contributed by atoms with Crippen LogP contribution in [0.1, 0.15) is 32.6 Å². The van der Waals surface area contributed by atoms with Gasteiger partial charge in [-0.15, -0.1) is 0 Å². The summed E-state index contributed by atoms with van der Waals surface area (Å²) in [5.74, 6) is -3.22. The first-order valence-corrected chi connectivity index (χ1v) is 7.29. The predicted molar refractivity (Wildman–Crippen MR) is 68.2 cm³/mol. The Bertz CT molecular complexity index is 351. The van der Waals surface area contributed by atoms with E-state index in [9.17, 15) is 18.0 Å². The van der Waals surface area contributed by atoms with Gasteiger partial charge in [-0.3, -0.25) is 4.79 Å². The molecule has 1 heterocycles. The van der Waals surface area contributed by atoms with E-state index in [2.05, 4.69) is 6.92 Å². The first-order valence-electron chi connectivity index (χ1n) is 7.29. The quantitative estimate of drug-likeness (QED) is 0.869. The van der Waals surface area contributed by atoms with Crippen molar-refractivity contribution in [1.29, 1.82) is 0 Å². The fourth-order valence-electron chi connectivity index (χ4n) is 3.49. The average Bonchev–Trinajstić information content (AvgIpc) is 2.76. The zero-order valence-electron chi connectivity index (χ0n) is 11.7. The lowest BCUT2D eigenvalue weighted by molar-refractivity contribution is -0.188. The Morgan fingerprint density at radius 3 is 2.25 bits per heavy atom. The SMILES string of the molecule is CC1CCC(CN2C[C@@H](C(F)(F)F)[C@H](C(=O)O)C2)CC1. The van der Waals surface area contributed by atoms with Crippen molar-refractivity contribution in [2.45, 2.75) is 38.8 Å². The Labute approximate surface area is 117 Å². The van der Waals surface area contributed by atoms with Crippen molar-refractivity contribution in [3.8, 4) is 0 Å². The molecule has 0 spiro atoms. The number of likely N-dealkylation sites (tertiary alicyclic amines) is 1. The molecule has 0 aromatic heterocycles. The van der Waals surface area contributed by atoms with Crippen molar-refractivity contribution in [2.75, 3.05) is 19.6 Å². The van der Waals surface area contributed by atoms with Gasteiger partial charge in [0.25, 0.3) is 0 Å². The maximum absolute atomic E-state index is 12.9. The Balaban J connectivity index is 1.93. The molecule has 3 nitrogen and oxygen atoms in total. The molecule has 0 radical (unpaired) electrons. The minimum Gasteiger partial charge on any atom is -0.481 e. The van der Waals surface area contributed by atoms with Gasteiger partial charge in [0.2, 0.25) is 0 Å². The molecule has 116 valence electrons. The monoisotopic (exact) mass is 293 g/mol. The molecule has 1 N–H and O–H groups in total. The predicted octanol–water partition coefficient (Wildman–Crippen LogP) is 3.01. The van der Waals surface area contributed by atoms with Gasteiger partial charge in [0.15, 0.2) is 0 Å². The standard InChI is InChI=1S/C14H22F3NO2/c1-9-2-4-10(5-3-9)6-18-7-11(13(19)20)12(8-18)14(15,16)17/h9-12H,2-8H2,1H3,(H,19,20)/t9?,10?,11-,12-/m1/s1. The molecule has 6 heteroatoms. The van der Waals surface area contributed by atoms with Gasteiger partial charge in [-0.05, 0) is 24.7 Å². The van der Waals surface area contributed by atoms with Gasteiger partial charge in [-0.25, -0.2) is 0 Å². The van der Waals surface area contributed by atoms with Gasteiger partial charge in [0.1, 0.15) is 0 Å². The lowest BCUT2D eigenvalue weighted by Gasteiger charge is -2.29. The summed E-state index contributed by atoms with van der Waals surface area (Å²) in [7, 11) is 0. The fourth-order valence-corrected chi connectivity index (χ4v) is 3.49. The van der Waals surface area contributed by atoms with Crippen molar-refractivity contribution in [1.82, 2.24) is 4.90 Å². The number of carbonyl (C=O) groups is 1. The molecule has 2 fully saturated rings. The highest BCUT2D eigenvalue weighted by Crippen LogP contribution is 2.39. The zero-order chi connectivity index (χ0) is 14.9. The van der Waals surface area contributed by atoms with Crippen LogP contribution in [0.4, 0.5) is 13.2 Å². The summed E-state index contributed by atoms with van der Waals surface area (Å²) in [5, 5.41) is 8.98. The summed E-state index contributed by atoms with van der Waals surface area (Å²) < 4.78 is 38.7. The highest BCUT2D eigenvalue weighted by Gasteiger charge is 2.52. The second-order valence-corrected chi connectivity index (χ2v) is 6.44. The zero-order valence-corrected chi connectivity index (χ0v) is 11.7. The topological polar surface area (TPSA) is 40.5 Å². The Kier molecular flexibility index (Phi) is 4.62. The summed E-state index contributed by atoms with van der Waals surface area (Å²) in [5.41, 5.74) is 0. The minimum absolute atomic E-state index is 0.0333. The Hall–Kier alpha value is -0.780. The summed E-state index contributed by atoms with van der Waals surface area (Å²) >= 11 is 0. The van der Waals surface area contributed by atoms with Crippen LogP contribution in [0.25, 0.3) is 0 Å². The van der Waals surface area contributed by atoms with E-state index in [1.165, 1.54) is 0 Å². The Morgan fingerprint density at radius 2 is 1.80 bits per heavy atom. The molecule has 2 aliphatic rings. The molecular weight excluding hydrogens is 271 g/mol. The summed E-state index contributed by atoms with van der Waals surface area (Å²) in [6.07, 6.45) is -0.0653. The Morgan fingerprint density at radius 1 is 1.20 bits per heavy atom. The van der Waals surface area contributed by atoms with Gasteiger partial charge < -0.3 is 10.0 Å². The molecule has 0 aromatic rings. The van der Waals surface area contributed by atoms with E-state index in [0.29, 0.717) is 18.4 Å². The molecule has 1 saturated heterocycles. The number of nitrogens with zero attached hydrogens (tertiary/aromatic N) is 1. The van der Waals surface area contributed by atoms with E-state index < -0.39 is 24.0 Å². The number of alkyl halides is 3. The van der Waals surface area contributed by atoms with Crippen LogP contribution in [-0.2, 0) is 4.79 Å². The van der Waals surface area contributed by atoms with Crippen LogP contribution in [0.5, 0.6) is 0 Å². The van der Waals surface area contributed by atoms with E-state index in [1.54, 1.807) is 4.90 Å². The summed E-state index contributed by atoms with van der Waals surface area (Å²) in [6, 6.07) is 0. The average molecular weight is 293 g/mol. The first-order chi connectivity index (χ1) is 9.27. The van der Waals surface area contributed by atoms with E-state index in [0.717, 1.165) is 25.7 Å². The van der Waals surface area contributed by atoms with Gasteiger partial charge in [0, 0.05) is 19.6 Å². The summed E-state index contributed by atoms with van der Waals surface area (Å²) in [4.78, 5) is 12.7. The fraction of sp³-hybridized carbons (Fsp3) is 0.929. The molecule has 0 unspecified atom stereocenters. The molecule has 2 rings (SSSR count). The van der Waals surface area contributed by atoms with Gasteiger partial charge in [0.05, 0.1) is 11.8 Å². The van der Waals surface area contributed by atoms with Crippen LogP contribution < -0.4 is 0 Å². The molecule has 0 amide bonds. The van der Waals surface area contributed by atoms with Crippen molar-refractivity contribution in [3.63, 3.8) is 0 Å². The van der Waals surface area contributed by atoms with Crippen LogP contribution in [0, 0.1) is 23.7 Å². The lowest BCUT2D eigenvalue weighted by atomic mass is 9.83. The number of halogens is 3.